The predicted molar refractivity (Wildman–Crippen MR) is 390 cm³/mol. The molecular weight excluding hydrogens is 1420 g/mol. The number of rotatable bonds is 12. The van der Waals surface area contributed by atoms with E-state index in [0.29, 0.717) is 56.5 Å². The molecule has 0 fully saturated rings. The first-order valence-corrected chi connectivity index (χ1v) is 34.0. The highest BCUT2D eigenvalue weighted by molar-refractivity contribution is 5.40. The molecule has 0 heterocycles. The first-order chi connectivity index (χ1) is 50.9. The Morgan fingerprint density at radius 1 is 0.167 bits per heavy atom. The highest BCUT2D eigenvalue weighted by atomic mass is 19.2. The SMILES string of the molecule is Cc1cc(F)c(Cc2cc(F)c(C)c(F)c2)c(F)c1.Cc1cc(F)c(Cc2ccc(C)c(F)c2)c(F)c1.Cc1ccc(Cc2c(F)cc(C)cc2F)cc1.Cc1ccc(Cc2cc(F)c(C)c(F)c2)c(F)c1F.Cc1ccc(Cc2ccc(C)c(F)c2F)cc1.Cc1ccc(Cc2ccc(C)c(F)c2F)cc1F. The van der Waals surface area contributed by atoms with E-state index in [2.05, 4.69) is 0 Å². The Hall–Kier alpha value is -10.6. The van der Waals surface area contributed by atoms with Gasteiger partial charge in [-0.15, -0.1) is 0 Å². The van der Waals surface area contributed by atoms with Gasteiger partial charge in [-0.2, -0.15) is 0 Å². The van der Waals surface area contributed by atoms with E-state index in [0.717, 1.165) is 46.5 Å². The van der Waals surface area contributed by atoms with Crippen molar-refractivity contribution in [1.29, 1.82) is 0 Å². The average Bonchev–Trinajstić information content (AvgIpc) is 0.847. The number of aryl methyl sites for hydroxylation is 10. The summed E-state index contributed by atoms with van der Waals surface area (Å²) in [4.78, 5) is 0. The molecule has 0 unspecified atom stereocenters. The van der Waals surface area contributed by atoms with Crippen molar-refractivity contribution >= 4 is 0 Å². The summed E-state index contributed by atoms with van der Waals surface area (Å²) in [5, 5.41) is 0. The molecule has 564 valence electrons. The average molecular weight is 1500 g/mol. The number of benzene rings is 12. The number of halogens is 18. The maximum absolute atomic E-state index is 13.7. The third kappa shape index (κ3) is 23.4. The third-order valence-electron chi connectivity index (χ3n) is 17.6. The summed E-state index contributed by atoms with van der Waals surface area (Å²) in [7, 11) is 0. The van der Waals surface area contributed by atoms with E-state index in [-0.39, 0.29) is 105 Å². The predicted octanol–water partition coefficient (Wildman–Crippen LogP) is 25.9. The van der Waals surface area contributed by atoms with Crippen molar-refractivity contribution in [1.82, 2.24) is 0 Å². The highest BCUT2D eigenvalue weighted by Crippen LogP contribution is 2.28. The van der Waals surface area contributed by atoms with Gasteiger partial charge in [0.25, 0.3) is 0 Å². The van der Waals surface area contributed by atoms with Gasteiger partial charge in [0.2, 0.25) is 0 Å². The van der Waals surface area contributed by atoms with Crippen LogP contribution < -0.4 is 0 Å². The van der Waals surface area contributed by atoms with Gasteiger partial charge in [-0.05, 0) is 250 Å². The van der Waals surface area contributed by atoms with E-state index in [1.807, 2.05) is 62.4 Å². The molecule has 18 heteroatoms. The van der Waals surface area contributed by atoms with Crippen LogP contribution >= 0.6 is 0 Å². The van der Waals surface area contributed by atoms with Crippen molar-refractivity contribution in [3.63, 3.8) is 0 Å². The van der Waals surface area contributed by atoms with Gasteiger partial charge in [0.05, 0.1) is 0 Å². The maximum Gasteiger partial charge on any atom is 0.162 e. The minimum Gasteiger partial charge on any atom is -0.207 e. The van der Waals surface area contributed by atoms with Crippen LogP contribution in [0.4, 0.5) is 79.0 Å². The Morgan fingerprint density at radius 3 is 0.676 bits per heavy atom. The second-order valence-electron chi connectivity index (χ2n) is 26.7. The van der Waals surface area contributed by atoms with Gasteiger partial charge in [-0.1, -0.05) is 120 Å². The smallest absolute Gasteiger partial charge is 0.162 e. The second kappa shape index (κ2) is 38.3. The Morgan fingerprint density at radius 2 is 0.380 bits per heavy atom. The zero-order valence-corrected chi connectivity index (χ0v) is 61.4. The van der Waals surface area contributed by atoms with Crippen molar-refractivity contribution in [2.75, 3.05) is 0 Å². The molecule has 0 spiro atoms. The van der Waals surface area contributed by atoms with E-state index in [9.17, 15) is 79.0 Å². The molecule has 0 radical (unpaired) electrons. The summed E-state index contributed by atoms with van der Waals surface area (Å²) < 4.78 is 243. The lowest BCUT2D eigenvalue weighted by atomic mass is 10.0. The molecule has 0 aliphatic carbocycles. The van der Waals surface area contributed by atoms with Crippen LogP contribution in [0.3, 0.4) is 0 Å². The molecule has 0 aliphatic heterocycles. The van der Waals surface area contributed by atoms with Crippen LogP contribution in [0, 0.1) is 188 Å². The lowest BCUT2D eigenvalue weighted by Gasteiger charge is -2.08. The van der Waals surface area contributed by atoms with Gasteiger partial charge in [0.1, 0.15) is 69.8 Å². The minimum absolute atomic E-state index is 0.0242. The second-order valence-corrected chi connectivity index (χ2v) is 26.7. The van der Waals surface area contributed by atoms with Crippen molar-refractivity contribution < 1.29 is 79.0 Å². The van der Waals surface area contributed by atoms with E-state index in [1.54, 1.807) is 77.9 Å². The number of hydrogen-bond donors (Lipinski definition) is 0. The van der Waals surface area contributed by atoms with Crippen molar-refractivity contribution in [2.45, 2.75) is 122 Å². The lowest BCUT2D eigenvalue weighted by molar-refractivity contribution is 0.495. The standard InChI is InChI=1S/2C15H12F4.2C15H13F3.2C15H14F2/c1-8-3-14(18)11(15(19)4-8)5-10-6-12(16)9(2)13(17)7-10;1-8-3-4-11(15(19)14(8)18)5-10-6-12(16)9(2)13(17)7-10;1-9-3-5-11(8-13(9)16)7-12-6-4-10(2)14(17)15(12)18;1-9-5-14(17)12(15(18)6-9)7-11-4-3-10(2)13(16)8-11;1-10-3-6-12(7-4-10)9-13-8-5-11(2)14(16)15(13)17;1-10-3-5-12(6-4-10)9-13-14(16)7-11(2)8-15(13)17/h2*3-4,6-7H,5H2,1-2H3;2*3-6,8H,7H2,1-2H3;2*3-8H,9H2,1-2H3. The third-order valence-corrected chi connectivity index (χ3v) is 17.6. The molecule has 0 atom stereocenters. The monoisotopic (exact) mass is 1500 g/mol. The van der Waals surface area contributed by atoms with Crippen LogP contribution in [0.15, 0.2) is 182 Å². The van der Waals surface area contributed by atoms with Gasteiger partial charge in [-0.25, -0.2) is 79.0 Å². The first kappa shape index (κ1) is 84.6. The van der Waals surface area contributed by atoms with Crippen LogP contribution in [0.1, 0.15) is 134 Å². The van der Waals surface area contributed by atoms with Crippen LogP contribution in [-0.2, 0) is 38.5 Å². The zero-order chi connectivity index (χ0) is 79.7. The van der Waals surface area contributed by atoms with Gasteiger partial charge in [-0.3, -0.25) is 0 Å². The summed E-state index contributed by atoms with van der Waals surface area (Å²) in [5.41, 5.74) is 9.75. The summed E-state index contributed by atoms with van der Waals surface area (Å²) in [6.07, 6.45) is 0.695. The fourth-order valence-electron chi connectivity index (χ4n) is 10.9. The van der Waals surface area contributed by atoms with Gasteiger partial charge in [0.15, 0.2) is 34.9 Å². The van der Waals surface area contributed by atoms with Gasteiger partial charge < -0.3 is 0 Å². The zero-order valence-electron chi connectivity index (χ0n) is 61.4. The van der Waals surface area contributed by atoms with Crippen molar-refractivity contribution in [3.8, 4) is 0 Å². The van der Waals surface area contributed by atoms with Crippen LogP contribution in [0.25, 0.3) is 0 Å². The topological polar surface area (TPSA) is 0 Å². The van der Waals surface area contributed by atoms with E-state index >= 15 is 0 Å². The molecule has 0 bridgehead atoms. The summed E-state index contributed by atoms with van der Waals surface area (Å²) in [6.45, 7) is 19.3. The largest absolute Gasteiger partial charge is 0.207 e. The highest BCUT2D eigenvalue weighted by Gasteiger charge is 2.19. The molecule has 0 aliphatic rings. The molecule has 0 N–H and O–H groups in total. The first-order valence-electron chi connectivity index (χ1n) is 34.0. The fourth-order valence-corrected chi connectivity index (χ4v) is 10.9. The Labute approximate surface area is 618 Å². The molecule has 0 nitrogen and oxygen atoms in total. The summed E-state index contributed by atoms with van der Waals surface area (Å²) in [5.74, 6) is -12.1. The van der Waals surface area contributed by atoms with E-state index in [4.69, 9.17) is 0 Å². The lowest BCUT2D eigenvalue weighted by Crippen LogP contribution is -2.00. The molecule has 0 aromatic heterocycles. The van der Waals surface area contributed by atoms with Crippen molar-refractivity contribution in [2.24, 2.45) is 0 Å². The minimum atomic E-state index is -0.971. The molecular formula is C90H78F18. The van der Waals surface area contributed by atoms with Gasteiger partial charge in [0, 0.05) is 66.3 Å². The summed E-state index contributed by atoms with van der Waals surface area (Å²) in [6, 6.07) is 46.1. The maximum atomic E-state index is 13.7. The molecule has 12 aromatic carbocycles. The van der Waals surface area contributed by atoms with Gasteiger partial charge >= 0.3 is 0 Å². The molecule has 12 aromatic rings. The normalized spacial score (nSPS) is 10.7. The summed E-state index contributed by atoms with van der Waals surface area (Å²) >= 11 is 0. The van der Waals surface area contributed by atoms with Crippen LogP contribution in [0.5, 0.6) is 0 Å². The molecule has 0 saturated heterocycles. The Balaban J connectivity index is 0.000000181. The molecule has 0 saturated carbocycles. The Bertz CT molecular complexity index is 5040. The molecule has 0 amide bonds. The quantitative estimate of drug-likeness (QED) is 0.107. The van der Waals surface area contributed by atoms with E-state index < -0.39 is 93.1 Å². The Kier molecular flexibility index (Phi) is 30.0. The fraction of sp³-hybridized carbons (Fsp3) is 0.200. The van der Waals surface area contributed by atoms with Crippen LogP contribution in [-0.4, -0.2) is 0 Å². The van der Waals surface area contributed by atoms with E-state index in [1.165, 1.54) is 100 Å². The van der Waals surface area contributed by atoms with Crippen LogP contribution in [0.2, 0.25) is 0 Å². The molecule has 12 rings (SSSR count). The number of hydrogen-bond acceptors (Lipinski definition) is 0. The van der Waals surface area contributed by atoms with Crippen molar-refractivity contribution in [3.05, 3.63) is 420 Å². The molecule has 108 heavy (non-hydrogen) atoms.